The lowest BCUT2D eigenvalue weighted by Crippen LogP contribution is -2.50. The van der Waals surface area contributed by atoms with Crippen LogP contribution in [-0.2, 0) is 11.2 Å². The maximum absolute atomic E-state index is 12.9. The molecule has 0 aromatic carbocycles. The molecule has 6 aliphatic rings. The fraction of sp³-hybridized carbons (Fsp3) is 0.840. The van der Waals surface area contributed by atoms with Gasteiger partial charge in [-0.25, -0.2) is 0 Å². The van der Waals surface area contributed by atoms with Crippen molar-refractivity contribution in [2.45, 2.75) is 114 Å². The highest BCUT2D eigenvalue weighted by Gasteiger charge is 2.51. The van der Waals surface area contributed by atoms with E-state index in [-0.39, 0.29) is 11.4 Å². The lowest BCUT2D eigenvalue weighted by Gasteiger charge is -2.54. The molecule has 6 fully saturated rings. The van der Waals surface area contributed by atoms with Crippen LogP contribution >= 0.6 is 11.3 Å². The standard InChI is InChI=1S/C25H37N3OS/c29-23(26-20-5-3-1-2-4-6-20)12-22-16-30-24(28(22)21-7-8-21)27-25-13-17-9-18(14-25)11-19(10-17)15-25/h16-21H,1-15H2,(H,26,29). The average Bonchev–Trinajstić information content (AvgIpc) is 3.48. The molecule has 0 radical (unpaired) electrons. The van der Waals surface area contributed by atoms with Gasteiger partial charge in [-0.3, -0.25) is 9.79 Å². The Morgan fingerprint density at radius 2 is 1.63 bits per heavy atom. The smallest absolute Gasteiger partial charge is 0.226 e. The van der Waals surface area contributed by atoms with Crippen molar-refractivity contribution in [3.63, 3.8) is 0 Å². The molecule has 0 aliphatic heterocycles. The summed E-state index contributed by atoms with van der Waals surface area (Å²) in [6, 6.07) is 0.980. The maximum Gasteiger partial charge on any atom is 0.226 e. The third-order valence-corrected chi connectivity index (χ3v) is 9.52. The molecule has 7 rings (SSSR count). The van der Waals surface area contributed by atoms with Crippen LogP contribution in [0.2, 0.25) is 0 Å². The molecule has 0 unspecified atom stereocenters. The molecule has 0 saturated heterocycles. The molecular weight excluding hydrogens is 390 g/mol. The lowest BCUT2D eigenvalue weighted by molar-refractivity contribution is -0.121. The first-order valence-electron chi connectivity index (χ1n) is 12.7. The normalized spacial score (nSPS) is 36.8. The van der Waals surface area contributed by atoms with Crippen molar-refractivity contribution in [3.8, 4) is 0 Å². The zero-order valence-corrected chi connectivity index (χ0v) is 19.1. The molecule has 1 amide bonds. The van der Waals surface area contributed by atoms with Crippen LogP contribution < -0.4 is 10.1 Å². The van der Waals surface area contributed by atoms with E-state index in [1.54, 1.807) is 11.3 Å². The molecule has 4 bridgehead atoms. The van der Waals surface area contributed by atoms with Gasteiger partial charge in [0.1, 0.15) is 0 Å². The Bertz CT molecular complexity index is 821. The molecule has 1 aromatic rings. The first-order chi connectivity index (χ1) is 14.7. The number of hydrogen-bond donors (Lipinski definition) is 1. The van der Waals surface area contributed by atoms with E-state index in [0.717, 1.165) is 30.6 Å². The number of aromatic nitrogens is 1. The third kappa shape index (κ3) is 3.91. The third-order valence-electron chi connectivity index (χ3n) is 8.63. The van der Waals surface area contributed by atoms with E-state index in [1.807, 2.05) is 0 Å². The highest BCUT2D eigenvalue weighted by atomic mass is 32.1. The van der Waals surface area contributed by atoms with E-state index < -0.39 is 0 Å². The van der Waals surface area contributed by atoms with Crippen LogP contribution in [0.3, 0.4) is 0 Å². The molecule has 164 valence electrons. The summed E-state index contributed by atoms with van der Waals surface area (Å²) in [6.07, 6.45) is 18.9. The van der Waals surface area contributed by atoms with Crippen LogP contribution in [0, 0.1) is 17.8 Å². The van der Waals surface area contributed by atoms with Crippen molar-refractivity contribution in [2.75, 3.05) is 0 Å². The molecule has 0 atom stereocenters. The summed E-state index contributed by atoms with van der Waals surface area (Å²) >= 11 is 1.80. The van der Waals surface area contributed by atoms with E-state index >= 15 is 0 Å². The van der Waals surface area contributed by atoms with E-state index in [0.29, 0.717) is 18.5 Å². The van der Waals surface area contributed by atoms with Gasteiger partial charge in [-0.2, -0.15) is 0 Å². The summed E-state index contributed by atoms with van der Waals surface area (Å²) in [7, 11) is 0. The topological polar surface area (TPSA) is 46.4 Å². The van der Waals surface area contributed by atoms with Crippen molar-refractivity contribution in [1.29, 1.82) is 0 Å². The van der Waals surface area contributed by atoms with Gasteiger partial charge in [-0.05, 0) is 82.0 Å². The molecule has 6 aliphatic carbocycles. The predicted molar refractivity (Wildman–Crippen MR) is 120 cm³/mol. The van der Waals surface area contributed by atoms with Gasteiger partial charge < -0.3 is 9.88 Å². The van der Waals surface area contributed by atoms with Crippen molar-refractivity contribution in [1.82, 2.24) is 9.88 Å². The number of carbonyl (C=O) groups is 1. The summed E-state index contributed by atoms with van der Waals surface area (Å²) in [4.78, 5) is 19.6. The van der Waals surface area contributed by atoms with Crippen molar-refractivity contribution in [2.24, 2.45) is 22.7 Å². The Kier molecular flexibility index (Phi) is 5.08. The van der Waals surface area contributed by atoms with Gasteiger partial charge >= 0.3 is 0 Å². The maximum atomic E-state index is 12.9. The molecule has 30 heavy (non-hydrogen) atoms. The highest BCUT2D eigenvalue weighted by Crippen LogP contribution is 2.57. The van der Waals surface area contributed by atoms with Gasteiger partial charge in [0.2, 0.25) is 5.91 Å². The summed E-state index contributed by atoms with van der Waals surface area (Å²) in [5, 5.41) is 5.59. The number of hydrogen-bond acceptors (Lipinski definition) is 3. The number of carbonyl (C=O) groups excluding carboxylic acids is 1. The quantitative estimate of drug-likeness (QED) is 0.650. The molecule has 4 nitrogen and oxygen atoms in total. The average molecular weight is 428 g/mol. The lowest BCUT2D eigenvalue weighted by atomic mass is 9.53. The fourth-order valence-corrected chi connectivity index (χ4v) is 8.62. The fourth-order valence-electron chi connectivity index (χ4n) is 7.56. The Hall–Kier alpha value is -1.10. The van der Waals surface area contributed by atoms with Crippen molar-refractivity contribution < 1.29 is 4.79 Å². The summed E-state index contributed by atoms with van der Waals surface area (Å²) < 4.78 is 2.47. The van der Waals surface area contributed by atoms with Crippen molar-refractivity contribution in [3.05, 3.63) is 15.9 Å². The Balaban J connectivity index is 1.22. The second-order valence-electron chi connectivity index (χ2n) is 11.3. The van der Waals surface area contributed by atoms with Crippen LogP contribution in [0.1, 0.15) is 102 Å². The molecule has 1 aromatic heterocycles. The minimum absolute atomic E-state index is 0.218. The Morgan fingerprint density at radius 1 is 1.00 bits per heavy atom. The van der Waals surface area contributed by atoms with Crippen LogP contribution in [0.15, 0.2) is 10.4 Å². The van der Waals surface area contributed by atoms with Crippen LogP contribution in [0.4, 0.5) is 0 Å². The number of nitrogens with zero attached hydrogens (tertiary/aromatic N) is 2. The highest BCUT2D eigenvalue weighted by molar-refractivity contribution is 7.07. The van der Waals surface area contributed by atoms with E-state index in [1.165, 1.54) is 87.5 Å². The Labute approximate surface area is 184 Å². The van der Waals surface area contributed by atoms with Crippen LogP contribution in [0.25, 0.3) is 0 Å². The SMILES string of the molecule is O=C(Cc1csc(=NC23CC4CC(CC(C4)C2)C3)n1C1CC1)NC1CCCCCC1. The molecule has 5 heteroatoms. The molecule has 1 heterocycles. The first kappa shape index (κ1) is 19.6. The van der Waals surface area contributed by atoms with Crippen LogP contribution in [0.5, 0.6) is 0 Å². The van der Waals surface area contributed by atoms with E-state index in [9.17, 15) is 4.79 Å². The molecule has 0 spiro atoms. The first-order valence-corrected chi connectivity index (χ1v) is 13.6. The molecule has 6 saturated carbocycles. The van der Waals surface area contributed by atoms with Crippen LogP contribution in [-0.4, -0.2) is 22.1 Å². The Morgan fingerprint density at radius 3 is 2.23 bits per heavy atom. The predicted octanol–water partition coefficient (Wildman–Crippen LogP) is 5.14. The summed E-state index contributed by atoms with van der Waals surface area (Å²) in [5.74, 6) is 3.01. The van der Waals surface area contributed by atoms with Gasteiger partial charge in [0.15, 0.2) is 4.80 Å². The monoisotopic (exact) mass is 427 g/mol. The van der Waals surface area contributed by atoms with Gasteiger partial charge in [-0.15, -0.1) is 11.3 Å². The largest absolute Gasteiger partial charge is 0.353 e. The second-order valence-corrected chi connectivity index (χ2v) is 12.1. The molecular formula is C25H37N3OS. The van der Waals surface area contributed by atoms with Gasteiger partial charge in [0.05, 0.1) is 12.0 Å². The zero-order valence-electron chi connectivity index (χ0n) is 18.3. The van der Waals surface area contributed by atoms with Gasteiger partial charge in [0, 0.05) is 23.2 Å². The second kappa shape index (κ2) is 7.79. The van der Waals surface area contributed by atoms with E-state index in [4.69, 9.17) is 4.99 Å². The zero-order chi connectivity index (χ0) is 20.1. The van der Waals surface area contributed by atoms with E-state index in [2.05, 4.69) is 15.3 Å². The minimum Gasteiger partial charge on any atom is -0.353 e. The number of amides is 1. The minimum atomic E-state index is 0.218. The number of nitrogens with one attached hydrogen (secondary N) is 1. The van der Waals surface area contributed by atoms with Crippen molar-refractivity contribution >= 4 is 17.2 Å². The number of thiazole rings is 1. The molecule has 1 N–H and O–H groups in total. The summed E-state index contributed by atoms with van der Waals surface area (Å²) in [5.41, 5.74) is 1.42. The van der Waals surface area contributed by atoms with Gasteiger partial charge in [0.25, 0.3) is 0 Å². The number of rotatable bonds is 5. The summed E-state index contributed by atoms with van der Waals surface area (Å²) in [6.45, 7) is 0. The van der Waals surface area contributed by atoms with Gasteiger partial charge in [-0.1, -0.05) is 25.7 Å².